The van der Waals surface area contributed by atoms with Gasteiger partial charge in [-0.25, -0.2) is 0 Å². The van der Waals surface area contributed by atoms with Crippen LogP contribution in [0.4, 0.5) is 0 Å². The molecule has 0 atom stereocenters. The maximum absolute atomic E-state index is 4.65. The number of pyridine rings is 1. The van der Waals surface area contributed by atoms with Gasteiger partial charge in [0.05, 0.1) is 16.7 Å². The molecular formula is C43H31N3. The number of nitrogens with zero attached hydrogens (tertiary/aromatic N) is 3. The number of hydrogen-bond acceptors (Lipinski definition) is 2. The van der Waals surface area contributed by atoms with E-state index in [0.29, 0.717) is 0 Å². The predicted molar refractivity (Wildman–Crippen MR) is 194 cm³/mol. The van der Waals surface area contributed by atoms with E-state index in [0.717, 1.165) is 17.8 Å². The van der Waals surface area contributed by atoms with E-state index in [1.807, 2.05) is 18.3 Å². The van der Waals surface area contributed by atoms with Crippen LogP contribution in [0.15, 0.2) is 158 Å². The Hall–Kier alpha value is -5.93. The molecule has 8 aromatic rings. The van der Waals surface area contributed by atoms with Crippen LogP contribution in [-0.2, 0) is 0 Å². The molecule has 3 heterocycles. The van der Waals surface area contributed by atoms with Crippen LogP contribution in [-0.4, -0.2) is 28.0 Å². The highest BCUT2D eigenvalue weighted by Crippen LogP contribution is 2.40. The average Bonchev–Trinajstić information content (AvgIpc) is 3.46. The Bertz CT molecular complexity index is 2500. The number of allylic oxidation sites excluding steroid dienone is 2. The van der Waals surface area contributed by atoms with Crippen molar-refractivity contribution >= 4 is 48.9 Å². The lowest BCUT2D eigenvalue weighted by atomic mass is 9.92. The summed E-state index contributed by atoms with van der Waals surface area (Å²) in [6, 6.07) is 48.5. The van der Waals surface area contributed by atoms with Gasteiger partial charge in [-0.1, -0.05) is 103 Å². The third kappa shape index (κ3) is 4.24. The first-order chi connectivity index (χ1) is 22.7. The molecule has 1 aliphatic heterocycles. The topological polar surface area (TPSA) is 21.1 Å². The van der Waals surface area contributed by atoms with Crippen molar-refractivity contribution in [3.63, 3.8) is 0 Å². The Labute approximate surface area is 268 Å². The number of fused-ring (bicyclic) bond motifs is 6. The second kappa shape index (κ2) is 10.6. The van der Waals surface area contributed by atoms with Gasteiger partial charge in [-0.2, -0.15) is 0 Å². The molecule has 3 nitrogen and oxygen atoms in total. The van der Waals surface area contributed by atoms with E-state index in [9.17, 15) is 0 Å². The van der Waals surface area contributed by atoms with Gasteiger partial charge in [-0.15, -0.1) is 0 Å². The average molecular weight is 590 g/mol. The molecule has 2 aromatic heterocycles. The molecule has 0 bridgehead atoms. The van der Waals surface area contributed by atoms with Crippen LogP contribution >= 0.6 is 0 Å². The molecule has 0 amide bonds. The van der Waals surface area contributed by atoms with Gasteiger partial charge in [0, 0.05) is 47.2 Å². The lowest BCUT2D eigenvalue weighted by Crippen LogP contribution is -2.13. The molecule has 3 heteroatoms. The zero-order chi connectivity index (χ0) is 30.6. The summed E-state index contributed by atoms with van der Waals surface area (Å²) in [5.41, 5.74) is 10.7. The van der Waals surface area contributed by atoms with Crippen LogP contribution < -0.4 is 0 Å². The summed E-state index contributed by atoms with van der Waals surface area (Å²) in [5.74, 6) is 0. The minimum atomic E-state index is 0.916. The molecule has 0 spiro atoms. The molecule has 0 saturated carbocycles. The molecule has 0 unspecified atom stereocenters. The zero-order valence-electron chi connectivity index (χ0n) is 25.6. The number of benzene rings is 6. The van der Waals surface area contributed by atoms with Crippen LogP contribution in [0.1, 0.15) is 5.56 Å². The first-order valence-electron chi connectivity index (χ1n) is 15.8. The highest BCUT2D eigenvalue weighted by atomic mass is 15.1. The standard InChI is InChI=1S/C43H31N3/c1-45-25-22-29(23-26-45)30-14-18-39-40-19-16-32-27-31(15-17-35(32)43(40)46(42(39)28-30)33-9-3-2-4-10-33)34-20-21-38(41-13-7-8-24-44-41)37-12-6-5-11-36(34)37/h2-25,27-28H,26H2,1H3. The summed E-state index contributed by atoms with van der Waals surface area (Å²) in [6.07, 6.45) is 8.54. The Morgan fingerprint density at radius 2 is 1.33 bits per heavy atom. The van der Waals surface area contributed by atoms with Gasteiger partial charge < -0.3 is 9.47 Å². The van der Waals surface area contributed by atoms with Gasteiger partial charge in [-0.3, -0.25) is 4.98 Å². The first kappa shape index (κ1) is 26.5. The number of likely N-dealkylation sites (N-methyl/N-ethyl adjacent to an activating group) is 1. The van der Waals surface area contributed by atoms with E-state index in [1.54, 1.807) is 0 Å². The Balaban J connectivity index is 1.26. The van der Waals surface area contributed by atoms with Crippen molar-refractivity contribution in [2.75, 3.05) is 13.6 Å². The van der Waals surface area contributed by atoms with E-state index >= 15 is 0 Å². The van der Waals surface area contributed by atoms with Crippen molar-refractivity contribution in [2.24, 2.45) is 0 Å². The Morgan fingerprint density at radius 3 is 2.13 bits per heavy atom. The maximum atomic E-state index is 4.65. The van der Waals surface area contributed by atoms with Crippen LogP contribution in [0.2, 0.25) is 0 Å². The quantitative estimate of drug-likeness (QED) is 0.204. The number of aromatic nitrogens is 2. The number of rotatable bonds is 4. The molecule has 218 valence electrons. The lowest BCUT2D eigenvalue weighted by molar-refractivity contribution is 0.506. The van der Waals surface area contributed by atoms with Crippen molar-refractivity contribution < 1.29 is 0 Å². The van der Waals surface area contributed by atoms with E-state index in [2.05, 4.69) is 161 Å². The molecule has 0 fully saturated rings. The van der Waals surface area contributed by atoms with Crippen molar-refractivity contribution in [3.05, 3.63) is 164 Å². The van der Waals surface area contributed by atoms with Crippen molar-refractivity contribution in [3.8, 4) is 28.1 Å². The normalized spacial score (nSPS) is 13.2. The van der Waals surface area contributed by atoms with Crippen molar-refractivity contribution in [2.45, 2.75) is 0 Å². The highest BCUT2D eigenvalue weighted by Gasteiger charge is 2.18. The van der Waals surface area contributed by atoms with Crippen molar-refractivity contribution in [1.29, 1.82) is 0 Å². The molecule has 9 rings (SSSR count). The first-order valence-corrected chi connectivity index (χ1v) is 15.8. The SMILES string of the molecule is CN1C=CC(c2ccc3c4ccc5cc(-c6ccc(-c7ccccn7)c7ccccc67)ccc5c4n(-c4ccccc4)c3c2)=CC1. The summed E-state index contributed by atoms with van der Waals surface area (Å²) in [6.45, 7) is 0.916. The van der Waals surface area contributed by atoms with Crippen LogP contribution in [0.25, 0.3) is 77.0 Å². The largest absolute Gasteiger partial charge is 0.377 e. The Morgan fingerprint density at radius 1 is 0.587 bits per heavy atom. The number of para-hydroxylation sites is 1. The summed E-state index contributed by atoms with van der Waals surface area (Å²) in [4.78, 5) is 6.84. The van der Waals surface area contributed by atoms with E-state index in [4.69, 9.17) is 0 Å². The third-order valence-electron chi connectivity index (χ3n) is 9.38. The maximum Gasteiger partial charge on any atom is 0.0708 e. The minimum Gasteiger partial charge on any atom is -0.377 e. The fourth-order valence-electron chi connectivity index (χ4n) is 7.12. The van der Waals surface area contributed by atoms with Crippen LogP contribution in [0, 0.1) is 0 Å². The molecule has 0 aliphatic carbocycles. The fraction of sp³-hybridized carbons (Fsp3) is 0.0465. The smallest absolute Gasteiger partial charge is 0.0708 e. The predicted octanol–water partition coefficient (Wildman–Crippen LogP) is 10.7. The summed E-state index contributed by atoms with van der Waals surface area (Å²) < 4.78 is 2.45. The van der Waals surface area contributed by atoms with Crippen molar-refractivity contribution in [1.82, 2.24) is 14.5 Å². The van der Waals surface area contributed by atoms with Gasteiger partial charge in [0.15, 0.2) is 0 Å². The summed E-state index contributed by atoms with van der Waals surface area (Å²) in [7, 11) is 2.11. The molecular weight excluding hydrogens is 558 g/mol. The lowest BCUT2D eigenvalue weighted by Gasteiger charge is -2.17. The van der Waals surface area contributed by atoms with Crippen LogP contribution in [0.5, 0.6) is 0 Å². The zero-order valence-corrected chi connectivity index (χ0v) is 25.6. The second-order valence-electron chi connectivity index (χ2n) is 12.1. The minimum absolute atomic E-state index is 0.916. The third-order valence-corrected chi connectivity index (χ3v) is 9.38. The van der Waals surface area contributed by atoms with Gasteiger partial charge in [0.25, 0.3) is 0 Å². The molecule has 0 radical (unpaired) electrons. The number of hydrogen-bond donors (Lipinski definition) is 0. The van der Waals surface area contributed by atoms with Gasteiger partial charge in [-0.05, 0) is 87.1 Å². The molecule has 46 heavy (non-hydrogen) atoms. The van der Waals surface area contributed by atoms with Crippen LogP contribution in [0.3, 0.4) is 0 Å². The molecule has 6 aromatic carbocycles. The monoisotopic (exact) mass is 589 g/mol. The molecule has 0 N–H and O–H groups in total. The second-order valence-corrected chi connectivity index (χ2v) is 12.1. The summed E-state index contributed by atoms with van der Waals surface area (Å²) >= 11 is 0. The fourth-order valence-corrected chi connectivity index (χ4v) is 7.12. The molecule has 1 aliphatic rings. The van der Waals surface area contributed by atoms with Gasteiger partial charge in [0.2, 0.25) is 0 Å². The van der Waals surface area contributed by atoms with Gasteiger partial charge in [0.1, 0.15) is 0 Å². The van der Waals surface area contributed by atoms with E-state index in [-0.39, 0.29) is 0 Å². The van der Waals surface area contributed by atoms with Gasteiger partial charge >= 0.3 is 0 Å². The van der Waals surface area contributed by atoms with E-state index < -0.39 is 0 Å². The summed E-state index contributed by atoms with van der Waals surface area (Å²) in [5, 5.41) is 7.45. The highest BCUT2D eigenvalue weighted by molar-refractivity contribution is 6.19. The Kier molecular flexibility index (Phi) is 6.10. The van der Waals surface area contributed by atoms with E-state index in [1.165, 1.54) is 71.3 Å². The molecule has 0 saturated heterocycles.